The van der Waals surface area contributed by atoms with Crippen LogP contribution >= 0.6 is 0 Å². The zero-order valence-corrected chi connectivity index (χ0v) is 28.5. The number of carboxylic acid groups (broad SMARTS) is 1. The van der Waals surface area contributed by atoms with Gasteiger partial charge >= 0.3 is 11.9 Å². The third kappa shape index (κ3) is 32.5. The number of unbranched alkanes of at least 4 members (excludes halogenated alkanes) is 17. The third-order valence-corrected chi connectivity index (χ3v) is 7.81. The van der Waals surface area contributed by atoms with Gasteiger partial charge in [-0.2, -0.15) is 0 Å². The lowest BCUT2D eigenvalue weighted by molar-refractivity contribution is -0.147. The number of rotatable bonds is 32. The Balaban J connectivity index is 4.19. The van der Waals surface area contributed by atoms with Gasteiger partial charge in [-0.25, -0.2) is 0 Å². The van der Waals surface area contributed by atoms with Gasteiger partial charge in [-0.1, -0.05) is 147 Å². The number of carboxylic acids is 1. The van der Waals surface area contributed by atoms with Gasteiger partial charge in [0, 0.05) is 12.8 Å². The van der Waals surface area contributed by atoms with Crippen LogP contribution in [0.4, 0.5) is 0 Å². The minimum Gasteiger partial charge on any atom is -0.480 e. The molecule has 6 heteroatoms. The van der Waals surface area contributed by atoms with Crippen molar-refractivity contribution in [2.24, 2.45) is 0 Å². The van der Waals surface area contributed by atoms with Crippen LogP contribution in [0.5, 0.6) is 0 Å². The lowest BCUT2D eigenvalue weighted by atomic mass is 10.0. The van der Waals surface area contributed by atoms with Gasteiger partial charge in [0.25, 0.3) is 0 Å². The van der Waals surface area contributed by atoms with E-state index in [1.165, 1.54) is 70.6 Å². The van der Waals surface area contributed by atoms with E-state index >= 15 is 0 Å². The van der Waals surface area contributed by atoms with Crippen molar-refractivity contribution in [1.29, 1.82) is 0 Å². The number of carbonyl (C=O) groups is 3. The molecule has 0 fully saturated rings. The zero-order chi connectivity index (χ0) is 32.4. The van der Waals surface area contributed by atoms with Crippen LogP contribution in [0.25, 0.3) is 0 Å². The van der Waals surface area contributed by atoms with Crippen molar-refractivity contribution < 1.29 is 24.2 Å². The summed E-state index contributed by atoms with van der Waals surface area (Å²) >= 11 is 0. The number of carbonyl (C=O) groups excluding carboxylic acids is 2. The first-order valence-electron chi connectivity index (χ1n) is 18.1. The molecular formula is C38H67NO5. The van der Waals surface area contributed by atoms with E-state index in [9.17, 15) is 14.4 Å². The third-order valence-electron chi connectivity index (χ3n) is 7.81. The molecule has 0 aliphatic heterocycles. The largest absolute Gasteiger partial charge is 0.480 e. The van der Waals surface area contributed by atoms with E-state index in [4.69, 9.17) is 9.84 Å². The average molecular weight is 618 g/mol. The topological polar surface area (TPSA) is 92.7 Å². The Morgan fingerprint density at radius 1 is 0.614 bits per heavy atom. The molecule has 0 spiro atoms. The smallest absolute Gasteiger partial charge is 0.322 e. The molecule has 0 aliphatic carbocycles. The highest BCUT2D eigenvalue weighted by atomic mass is 16.5. The van der Waals surface area contributed by atoms with Crippen molar-refractivity contribution in [3.63, 3.8) is 0 Å². The van der Waals surface area contributed by atoms with E-state index in [-0.39, 0.29) is 24.5 Å². The van der Waals surface area contributed by atoms with Crippen molar-refractivity contribution in [1.82, 2.24) is 5.32 Å². The summed E-state index contributed by atoms with van der Waals surface area (Å²) in [7, 11) is 0. The van der Waals surface area contributed by atoms with Crippen LogP contribution < -0.4 is 5.32 Å². The molecule has 0 heterocycles. The van der Waals surface area contributed by atoms with Crippen LogP contribution in [-0.2, 0) is 19.1 Å². The van der Waals surface area contributed by atoms with E-state index < -0.39 is 5.97 Å². The summed E-state index contributed by atoms with van der Waals surface area (Å²) < 4.78 is 5.88. The molecule has 44 heavy (non-hydrogen) atoms. The summed E-state index contributed by atoms with van der Waals surface area (Å²) in [6.07, 6.45) is 40.0. The number of aliphatic carboxylic acids is 1. The minimum atomic E-state index is -1.02. The van der Waals surface area contributed by atoms with Crippen LogP contribution in [-0.4, -0.2) is 35.6 Å². The second-order valence-corrected chi connectivity index (χ2v) is 12.1. The van der Waals surface area contributed by atoms with Crippen LogP contribution in [0.15, 0.2) is 36.5 Å². The molecule has 0 aromatic carbocycles. The molecule has 6 nitrogen and oxygen atoms in total. The number of esters is 1. The van der Waals surface area contributed by atoms with E-state index in [0.717, 1.165) is 77.0 Å². The van der Waals surface area contributed by atoms with Gasteiger partial charge in [0.15, 0.2) is 0 Å². The maximum Gasteiger partial charge on any atom is 0.322 e. The van der Waals surface area contributed by atoms with Crippen molar-refractivity contribution in [2.75, 3.05) is 6.54 Å². The van der Waals surface area contributed by atoms with Gasteiger partial charge in [-0.3, -0.25) is 14.4 Å². The predicted molar refractivity (Wildman–Crippen MR) is 185 cm³/mol. The van der Waals surface area contributed by atoms with Crippen LogP contribution in [0.1, 0.15) is 174 Å². The quantitative estimate of drug-likeness (QED) is 0.0445. The predicted octanol–water partition coefficient (Wildman–Crippen LogP) is 10.6. The zero-order valence-electron chi connectivity index (χ0n) is 28.5. The first kappa shape index (κ1) is 41.6. The molecular weight excluding hydrogens is 550 g/mol. The highest BCUT2D eigenvalue weighted by molar-refractivity contribution is 5.80. The van der Waals surface area contributed by atoms with Crippen LogP contribution in [0, 0.1) is 0 Å². The van der Waals surface area contributed by atoms with E-state index in [1.54, 1.807) is 0 Å². The standard InChI is InChI=1S/C38H67NO5/c1-3-5-7-9-11-13-14-15-16-17-19-25-29-33-38(43)44-35(30-26-22-18-12-10-8-6-4-2)31-27-23-20-21-24-28-32-36(40)39-34-37(41)42/h6,8,12,18,26,30,35H,3-5,7,9-11,13-17,19-25,27-29,31-34H2,1-2H3,(H,39,40)(H,41,42)/b8-6-,18-12-,30-26-. The lowest BCUT2D eigenvalue weighted by Gasteiger charge is -2.14. The number of hydrogen-bond acceptors (Lipinski definition) is 4. The van der Waals surface area contributed by atoms with Gasteiger partial charge in [0.1, 0.15) is 12.6 Å². The maximum atomic E-state index is 12.6. The summed E-state index contributed by atoms with van der Waals surface area (Å²) in [5.41, 5.74) is 0. The lowest BCUT2D eigenvalue weighted by Crippen LogP contribution is -2.28. The van der Waals surface area contributed by atoms with Gasteiger partial charge < -0.3 is 15.2 Å². The highest BCUT2D eigenvalue weighted by Crippen LogP contribution is 2.16. The molecule has 0 saturated carbocycles. The Morgan fingerprint density at radius 3 is 1.64 bits per heavy atom. The van der Waals surface area contributed by atoms with Crippen molar-refractivity contribution in [3.05, 3.63) is 36.5 Å². The first-order chi connectivity index (χ1) is 21.5. The molecule has 1 unspecified atom stereocenters. The molecule has 0 bridgehead atoms. The van der Waals surface area contributed by atoms with Gasteiger partial charge in [0.05, 0.1) is 0 Å². The Kier molecular flexibility index (Phi) is 31.7. The average Bonchev–Trinajstić information content (AvgIpc) is 3.00. The molecule has 254 valence electrons. The number of hydrogen-bond donors (Lipinski definition) is 2. The molecule has 0 aromatic rings. The molecule has 2 N–H and O–H groups in total. The summed E-state index contributed by atoms with van der Waals surface area (Å²) in [5.74, 6) is -1.30. The van der Waals surface area contributed by atoms with Gasteiger partial charge in [0.2, 0.25) is 5.91 Å². The van der Waals surface area contributed by atoms with Gasteiger partial charge in [-0.15, -0.1) is 0 Å². The van der Waals surface area contributed by atoms with Crippen molar-refractivity contribution in [3.8, 4) is 0 Å². The van der Waals surface area contributed by atoms with E-state index in [1.807, 2.05) is 0 Å². The monoisotopic (exact) mass is 618 g/mol. The normalized spacial score (nSPS) is 12.4. The second-order valence-electron chi connectivity index (χ2n) is 12.1. The number of nitrogens with one attached hydrogen (secondary N) is 1. The minimum absolute atomic E-state index is 0.0795. The fraction of sp³-hybridized carbons (Fsp3) is 0.763. The molecule has 0 saturated heterocycles. The Bertz CT molecular complexity index is 773. The van der Waals surface area contributed by atoms with Crippen LogP contribution in [0.2, 0.25) is 0 Å². The number of allylic oxidation sites excluding steroid dienone is 5. The first-order valence-corrected chi connectivity index (χ1v) is 18.1. The summed E-state index contributed by atoms with van der Waals surface area (Å²) in [6.45, 7) is 4.09. The molecule has 0 aromatic heterocycles. The van der Waals surface area contributed by atoms with E-state index in [0.29, 0.717) is 12.8 Å². The Morgan fingerprint density at radius 2 is 1.09 bits per heavy atom. The Hall–Kier alpha value is -2.37. The number of ether oxygens (including phenoxy) is 1. The fourth-order valence-corrected chi connectivity index (χ4v) is 5.15. The molecule has 0 rings (SSSR count). The van der Waals surface area contributed by atoms with Crippen LogP contribution in [0.3, 0.4) is 0 Å². The van der Waals surface area contributed by atoms with Crippen molar-refractivity contribution in [2.45, 2.75) is 180 Å². The Labute approximate surface area is 270 Å². The van der Waals surface area contributed by atoms with Gasteiger partial charge in [-0.05, 0) is 51.0 Å². The second kappa shape index (κ2) is 33.5. The SMILES string of the molecule is CC/C=C\C/C=C\C/C=C\C(CCCCCCCCC(=O)NCC(=O)O)OC(=O)CCCCCCCCCCCCCCC. The summed E-state index contributed by atoms with van der Waals surface area (Å²) in [4.78, 5) is 34.7. The maximum absolute atomic E-state index is 12.6. The highest BCUT2D eigenvalue weighted by Gasteiger charge is 2.11. The summed E-state index contributed by atoms with van der Waals surface area (Å²) in [6, 6.07) is 0. The van der Waals surface area contributed by atoms with Crippen molar-refractivity contribution >= 4 is 17.8 Å². The summed E-state index contributed by atoms with van der Waals surface area (Å²) in [5, 5.41) is 11.0. The molecule has 0 aliphatic rings. The molecule has 0 radical (unpaired) electrons. The fourth-order valence-electron chi connectivity index (χ4n) is 5.15. The number of amides is 1. The molecule has 1 atom stereocenters. The van der Waals surface area contributed by atoms with E-state index in [2.05, 4.69) is 55.6 Å². The molecule has 1 amide bonds.